The number of hydrogen-bond acceptors (Lipinski definition) is 4. The van der Waals surface area contributed by atoms with Gasteiger partial charge in [-0.3, -0.25) is 14.5 Å². The molecule has 0 bridgehead atoms. The maximum Gasteiger partial charge on any atom is 0.254 e. The Labute approximate surface area is 233 Å². The lowest BCUT2D eigenvalue weighted by molar-refractivity contribution is -0.133. The molecule has 1 fully saturated rings. The Balaban J connectivity index is 1.54. The third kappa shape index (κ3) is 9.48. The second-order valence-electron chi connectivity index (χ2n) is 9.79. The number of amides is 2. The normalized spacial score (nSPS) is 14.1. The lowest BCUT2D eigenvalue weighted by Gasteiger charge is -2.36. The minimum atomic E-state index is -0.0472. The number of para-hydroxylation sites is 1. The number of unbranched alkanes of at least 4 members (excludes halogenated alkanes) is 4. The zero-order valence-corrected chi connectivity index (χ0v) is 23.7. The van der Waals surface area contributed by atoms with Gasteiger partial charge in [0, 0.05) is 68.4 Å². The highest BCUT2D eigenvalue weighted by molar-refractivity contribution is 6.30. The van der Waals surface area contributed by atoms with Crippen LogP contribution >= 0.6 is 11.6 Å². The fraction of sp³-hybridized carbons (Fsp3) is 0.484. The quantitative estimate of drug-likeness (QED) is 0.276. The molecule has 0 aromatic heterocycles. The van der Waals surface area contributed by atoms with Crippen molar-refractivity contribution in [3.8, 4) is 5.75 Å². The molecular weight excluding hydrogens is 498 g/mol. The summed E-state index contributed by atoms with van der Waals surface area (Å²) in [6, 6.07) is 14.9. The molecule has 1 aliphatic rings. The molecule has 2 aromatic carbocycles. The van der Waals surface area contributed by atoms with Crippen LogP contribution in [-0.2, 0) is 4.79 Å². The lowest BCUT2D eigenvalue weighted by Crippen LogP contribution is -2.50. The van der Waals surface area contributed by atoms with E-state index in [0.29, 0.717) is 30.1 Å². The summed E-state index contributed by atoms with van der Waals surface area (Å²) in [6.07, 6.45) is 10.5. The topological polar surface area (TPSA) is 53.1 Å². The Morgan fingerprint density at radius 2 is 1.76 bits per heavy atom. The molecule has 0 aliphatic carbocycles. The summed E-state index contributed by atoms with van der Waals surface area (Å²) in [4.78, 5) is 32.2. The van der Waals surface area contributed by atoms with Crippen molar-refractivity contribution in [1.29, 1.82) is 0 Å². The predicted octanol–water partition coefficient (Wildman–Crippen LogP) is 6.01. The smallest absolute Gasteiger partial charge is 0.254 e. The third-order valence-corrected chi connectivity index (χ3v) is 7.26. The molecule has 0 atom stereocenters. The molecule has 2 aromatic rings. The van der Waals surface area contributed by atoms with Crippen molar-refractivity contribution in [2.75, 3.05) is 52.9 Å². The molecule has 3 rings (SSSR count). The third-order valence-electron chi connectivity index (χ3n) is 7.03. The van der Waals surface area contributed by atoms with Crippen molar-refractivity contribution in [1.82, 2.24) is 14.7 Å². The van der Waals surface area contributed by atoms with Crippen LogP contribution < -0.4 is 4.74 Å². The Bertz CT molecular complexity index is 1050. The molecular formula is C31H42ClN3O3. The maximum absolute atomic E-state index is 13.4. The van der Waals surface area contributed by atoms with E-state index < -0.39 is 0 Å². The predicted molar refractivity (Wildman–Crippen MR) is 156 cm³/mol. The molecule has 0 saturated carbocycles. The Morgan fingerprint density at radius 3 is 2.50 bits per heavy atom. The average Bonchev–Trinajstić information content (AvgIpc) is 2.94. The monoisotopic (exact) mass is 539 g/mol. The van der Waals surface area contributed by atoms with Crippen molar-refractivity contribution in [3.63, 3.8) is 0 Å². The van der Waals surface area contributed by atoms with Crippen molar-refractivity contribution in [2.24, 2.45) is 0 Å². The SMILES string of the molecule is CCCCCCCC(=O)N1CCN(CCN(C/C=C/c2ccccc2OC)C(=O)c2cccc(Cl)c2)CC1. The van der Waals surface area contributed by atoms with Crippen molar-refractivity contribution >= 4 is 29.5 Å². The van der Waals surface area contributed by atoms with Crippen LogP contribution in [0.2, 0.25) is 5.02 Å². The molecule has 0 spiro atoms. The van der Waals surface area contributed by atoms with Crippen molar-refractivity contribution in [3.05, 3.63) is 70.8 Å². The van der Waals surface area contributed by atoms with Crippen LogP contribution in [0.4, 0.5) is 0 Å². The first kappa shape index (κ1) is 29.7. The number of carbonyl (C=O) groups is 2. The van der Waals surface area contributed by atoms with Crippen molar-refractivity contribution in [2.45, 2.75) is 45.4 Å². The van der Waals surface area contributed by atoms with Gasteiger partial charge in [0.15, 0.2) is 0 Å². The largest absolute Gasteiger partial charge is 0.496 e. The number of methoxy groups -OCH3 is 1. The van der Waals surface area contributed by atoms with Gasteiger partial charge >= 0.3 is 0 Å². The van der Waals surface area contributed by atoms with Gasteiger partial charge in [-0.1, -0.05) is 80.6 Å². The van der Waals surface area contributed by atoms with Crippen LogP contribution in [-0.4, -0.2) is 79.4 Å². The maximum atomic E-state index is 13.4. The molecule has 0 N–H and O–H groups in total. The minimum Gasteiger partial charge on any atom is -0.496 e. The van der Waals surface area contributed by atoms with E-state index in [1.54, 1.807) is 31.4 Å². The van der Waals surface area contributed by atoms with Gasteiger partial charge in [0.1, 0.15) is 5.75 Å². The van der Waals surface area contributed by atoms with E-state index in [2.05, 4.69) is 11.8 Å². The number of ether oxygens (including phenoxy) is 1. The highest BCUT2D eigenvalue weighted by Gasteiger charge is 2.22. The molecule has 0 radical (unpaired) electrons. The number of benzene rings is 2. The van der Waals surface area contributed by atoms with Gasteiger partial charge in [0.05, 0.1) is 7.11 Å². The zero-order valence-electron chi connectivity index (χ0n) is 22.9. The molecule has 7 heteroatoms. The van der Waals surface area contributed by atoms with Crippen LogP contribution in [0, 0.1) is 0 Å². The Hall–Kier alpha value is -2.83. The van der Waals surface area contributed by atoms with Gasteiger partial charge < -0.3 is 14.5 Å². The minimum absolute atomic E-state index is 0.0472. The molecule has 1 heterocycles. The first-order chi connectivity index (χ1) is 18.5. The summed E-state index contributed by atoms with van der Waals surface area (Å²) in [6.45, 7) is 7.19. The van der Waals surface area contributed by atoms with Gasteiger partial charge in [-0.15, -0.1) is 0 Å². The first-order valence-electron chi connectivity index (χ1n) is 13.9. The van der Waals surface area contributed by atoms with Gasteiger partial charge in [-0.2, -0.15) is 0 Å². The zero-order chi connectivity index (χ0) is 27.2. The van der Waals surface area contributed by atoms with E-state index in [4.69, 9.17) is 16.3 Å². The van der Waals surface area contributed by atoms with Gasteiger partial charge in [-0.05, 0) is 30.7 Å². The highest BCUT2D eigenvalue weighted by Crippen LogP contribution is 2.19. The van der Waals surface area contributed by atoms with Crippen LogP contribution in [0.15, 0.2) is 54.6 Å². The standard InChI is InChI=1S/C31H42ClN3O3/c1-3-4-5-6-7-17-30(36)34-22-19-33(20-23-34)21-24-35(31(37)27-13-10-15-28(32)25-27)18-11-14-26-12-8-9-16-29(26)38-2/h8-16,25H,3-7,17-24H2,1-2H3/b14-11+. The van der Waals surface area contributed by atoms with Crippen LogP contribution in [0.3, 0.4) is 0 Å². The number of nitrogens with zero attached hydrogens (tertiary/aromatic N) is 3. The summed E-state index contributed by atoms with van der Waals surface area (Å²) >= 11 is 6.16. The lowest BCUT2D eigenvalue weighted by atomic mass is 10.1. The van der Waals surface area contributed by atoms with Crippen molar-refractivity contribution < 1.29 is 14.3 Å². The van der Waals surface area contributed by atoms with E-state index >= 15 is 0 Å². The molecule has 0 unspecified atom stereocenters. The summed E-state index contributed by atoms with van der Waals surface area (Å²) in [5, 5.41) is 0.548. The number of carbonyl (C=O) groups excluding carboxylic acids is 2. The summed E-state index contributed by atoms with van der Waals surface area (Å²) < 4.78 is 5.44. The number of halogens is 1. The summed E-state index contributed by atoms with van der Waals surface area (Å²) in [5.74, 6) is 1.03. The van der Waals surface area contributed by atoms with Gasteiger partial charge in [-0.25, -0.2) is 0 Å². The van der Waals surface area contributed by atoms with Crippen LogP contribution in [0.1, 0.15) is 61.4 Å². The Kier molecular flexibility index (Phi) is 12.7. The summed E-state index contributed by atoms with van der Waals surface area (Å²) in [7, 11) is 1.66. The van der Waals surface area contributed by atoms with E-state index in [0.717, 1.165) is 56.9 Å². The van der Waals surface area contributed by atoms with Crippen LogP contribution in [0.25, 0.3) is 6.08 Å². The fourth-order valence-corrected chi connectivity index (χ4v) is 4.90. The summed E-state index contributed by atoms with van der Waals surface area (Å²) in [5.41, 5.74) is 1.55. The number of rotatable bonds is 14. The van der Waals surface area contributed by atoms with E-state index in [1.807, 2.05) is 46.2 Å². The van der Waals surface area contributed by atoms with Gasteiger partial charge in [0.2, 0.25) is 5.91 Å². The fourth-order valence-electron chi connectivity index (χ4n) is 4.71. The molecule has 6 nitrogen and oxygen atoms in total. The molecule has 38 heavy (non-hydrogen) atoms. The van der Waals surface area contributed by atoms with Gasteiger partial charge in [0.25, 0.3) is 5.91 Å². The van der Waals surface area contributed by atoms with E-state index in [1.165, 1.54) is 19.3 Å². The molecule has 1 aliphatic heterocycles. The Morgan fingerprint density at radius 1 is 1.00 bits per heavy atom. The number of hydrogen-bond donors (Lipinski definition) is 0. The molecule has 206 valence electrons. The second-order valence-corrected chi connectivity index (χ2v) is 10.2. The van der Waals surface area contributed by atoms with E-state index in [-0.39, 0.29) is 11.8 Å². The van der Waals surface area contributed by atoms with Crippen LogP contribution in [0.5, 0.6) is 5.75 Å². The average molecular weight is 540 g/mol. The second kappa shape index (κ2) is 16.2. The first-order valence-corrected chi connectivity index (χ1v) is 14.2. The highest BCUT2D eigenvalue weighted by atomic mass is 35.5. The van der Waals surface area contributed by atoms with E-state index in [9.17, 15) is 9.59 Å². The number of piperazine rings is 1. The molecule has 1 saturated heterocycles. The molecule has 2 amide bonds.